The minimum Gasteiger partial charge on any atom is -0.315 e. The van der Waals surface area contributed by atoms with Crippen LogP contribution >= 0.6 is 35.1 Å². The van der Waals surface area contributed by atoms with E-state index >= 15 is 0 Å². The van der Waals surface area contributed by atoms with Crippen molar-refractivity contribution in [1.29, 1.82) is 0 Å². The molecule has 6 heteroatoms. The average molecular weight is 286 g/mol. The maximum Gasteiger partial charge on any atom is 0.139 e. The van der Waals surface area contributed by atoms with Crippen molar-refractivity contribution >= 4 is 41.0 Å². The summed E-state index contributed by atoms with van der Waals surface area (Å²) in [6.45, 7) is 0. The highest BCUT2D eigenvalue weighted by atomic mass is 35.5. The van der Waals surface area contributed by atoms with Crippen LogP contribution < -0.4 is 4.72 Å². The number of benzene rings is 1. The highest BCUT2D eigenvalue weighted by Crippen LogP contribution is 2.28. The van der Waals surface area contributed by atoms with Crippen molar-refractivity contribution in [2.45, 2.75) is 0 Å². The molecule has 1 heterocycles. The predicted octanol–water partition coefficient (Wildman–Crippen LogP) is 4.14. The molecule has 2 aromatic rings. The highest BCUT2D eigenvalue weighted by molar-refractivity contribution is 7.99. The Morgan fingerprint density at radius 1 is 1.12 bits per heavy atom. The van der Waals surface area contributed by atoms with Gasteiger partial charge >= 0.3 is 0 Å². The topological polar surface area (TPSA) is 37.8 Å². The van der Waals surface area contributed by atoms with Crippen LogP contribution in [-0.2, 0) is 0 Å². The van der Waals surface area contributed by atoms with Crippen molar-refractivity contribution in [1.82, 2.24) is 9.97 Å². The molecule has 0 amide bonds. The molecule has 1 N–H and O–H groups in total. The van der Waals surface area contributed by atoms with Gasteiger partial charge < -0.3 is 4.72 Å². The molecule has 2 rings (SSSR count). The van der Waals surface area contributed by atoms with Crippen LogP contribution in [0, 0.1) is 0 Å². The lowest BCUT2D eigenvalue weighted by Gasteiger charge is -2.05. The van der Waals surface area contributed by atoms with Gasteiger partial charge in [0.05, 0.1) is 15.7 Å². The molecular formula is C11H9Cl2N3S. The fraction of sp³-hybridized carbons (Fsp3) is 0.0909. The first-order valence-corrected chi connectivity index (χ1v) is 6.75. The van der Waals surface area contributed by atoms with Crippen LogP contribution in [0.2, 0.25) is 10.0 Å². The lowest BCUT2D eigenvalue weighted by molar-refractivity contribution is 1.18. The number of aromatic nitrogens is 2. The van der Waals surface area contributed by atoms with Gasteiger partial charge in [0.2, 0.25) is 0 Å². The lowest BCUT2D eigenvalue weighted by atomic mass is 10.1. The first-order valence-electron chi connectivity index (χ1n) is 4.77. The van der Waals surface area contributed by atoms with Gasteiger partial charge in [-0.2, -0.15) is 0 Å². The Morgan fingerprint density at radius 2 is 1.94 bits per heavy atom. The molecule has 3 nitrogen and oxygen atoms in total. The molecule has 0 saturated heterocycles. The molecule has 0 aliphatic heterocycles. The molecule has 0 bridgehead atoms. The van der Waals surface area contributed by atoms with E-state index in [9.17, 15) is 0 Å². The Morgan fingerprint density at radius 3 is 2.65 bits per heavy atom. The minimum atomic E-state index is 0.516. The van der Waals surface area contributed by atoms with Crippen molar-refractivity contribution in [3.05, 3.63) is 40.6 Å². The predicted molar refractivity (Wildman–Crippen MR) is 74.6 cm³/mol. The Hall–Kier alpha value is -0.970. The standard InChI is InChI=1S/C11H9Cl2N3S/c1-17-16-11-5-10(14-6-15-11)7-2-3-8(12)9(13)4-7/h2-6H,1H3,(H,14,15,16). The van der Waals surface area contributed by atoms with Crippen LogP contribution in [0.25, 0.3) is 11.3 Å². The van der Waals surface area contributed by atoms with Gasteiger partial charge in [-0.15, -0.1) is 0 Å². The van der Waals surface area contributed by atoms with Crippen LogP contribution in [0.3, 0.4) is 0 Å². The summed E-state index contributed by atoms with van der Waals surface area (Å²) in [6, 6.07) is 7.27. The van der Waals surface area contributed by atoms with Gasteiger partial charge in [-0.1, -0.05) is 41.2 Å². The summed E-state index contributed by atoms with van der Waals surface area (Å²) >= 11 is 13.3. The third-order valence-corrected chi connectivity index (χ3v) is 3.24. The van der Waals surface area contributed by atoms with E-state index in [1.807, 2.05) is 18.4 Å². The largest absolute Gasteiger partial charge is 0.315 e. The molecule has 0 saturated carbocycles. The van der Waals surface area contributed by atoms with Crippen molar-refractivity contribution in [3.8, 4) is 11.3 Å². The summed E-state index contributed by atoms with van der Waals surface area (Å²) in [7, 11) is 0. The van der Waals surface area contributed by atoms with Crippen LogP contribution in [0.4, 0.5) is 5.82 Å². The zero-order valence-corrected chi connectivity index (χ0v) is 11.3. The summed E-state index contributed by atoms with van der Waals surface area (Å²) in [6.07, 6.45) is 3.44. The van der Waals surface area contributed by atoms with E-state index in [4.69, 9.17) is 23.2 Å². The molecule has 0 aliphatic carbocycles. The quantitative estimate of drug-likeness (QED) is 0.860. The van der Waals surface area contributed by atoms with E-state index in [-0.39, 0.29) is 0 Å². The Balaban J connectivity index is 2.38. The maximum atomic E-state index is 5.97. The molecule has 1 aromatic carbocycles. The smallest absolute Gasteiger partial charge is 0.139 e. The Labute approximate surface area is 114 Å². The van der Waals surface area contributed by atoms with Gasteiger partial charge in [-0.25, -0.2) is 9.97 Å². The van der Waals surface area contributed by atoms with Gasteiger partial charge in [0.1, 0.15) is 12.1 Å². The maximum absolute atomic E-state index is 5.97. The lowest BCUT2D eigenvalue weighted by Crippen LogP contribution is -1.92. The molecule has 17 heavy (non-hydrogen) atoms. The van der Waals surface area contributed by atoms with Gasteiger partial charge in [0.15, 0.2) is 0 Å². The first kappa shape index (κ1) is 12.5. The highest BCUT2D eigenvalue weighted by Gasteiger charge is 2.04. The third-order valence-electron chi connectivity index (χ3n) is 2.09. The molecule has 0 radical (unpaired) electrons. The molecule has 0 atom stereocenters. The summed E-state index contributed by atoms with van der Waals surface area (Å²) in [5, 5.41) is 1.05. The van der Waals surface area contributed by atoms with E-state index in [2.05, 4.69) is 14.7 Å². The molecule has 88 valence electrons. The fourth-order valence-corrected chi connectivity index (χ4v) is 1.95. The number of nitrogens with zero attached hydrogens (tertiary/aromatic N) is 2. The summed E-state index contributed by atoms with van der Waals surface area (Å²) in [4.78, 5) is 8.29. The number of nitrogens with one attached hydrogen (secondary N) is 1. The van der Waals surface area contributed by atoms with Crippen LogP contribution in [-0.4, -0.2) is 16.2 Å². The monoisotopic (exact) mass is 285 g/mol. The average Bonchev–Trinajstić information content (AvgIpc) is 2.33. The molecule has 0 aliphatic rings. The number of rotatable bonds is 3. The second-order valence-electron chi connectivity index (χ2n) is 3.22. The van der Waals surface area contributed by atoms with E-state index in [1.54, 1.807) is 12.1 Å². The fourth-order valence-electron chi connectivity index (χ4n) is 1.33. The van der Waals surface area contributed by atoms with E-state index in [1.165, 1.54) is 18.3 Å². The normalized spacial score (nSPS) is 10.3. The van der Waals surface area contributed by atoms with E-state index in [0.717, 1.165) is 17.1 Å². The number of anilines is 1. The van der Waals surface area contributed by atoms with Crippen molar-refractivity contribution in [3.63, 3.8) is 0 Å². The van der Waals surface area contributed by atoms with Crippen molar-refractivity contribution < 1.29 is 0 Å². The molecule has 0 spiro atoms. The first-order chi connectivity index (χ1) is 8.20. The van der Waals surface area contributed by atoms with Gasteiger partial charge in [0, 0.05) is 17.9 Å². The zero-order chi connectivity index (χ0) is 12.3. The van der Waals surface area contributed by atoms with Crippen LogP contribution in [0.5, 0.6) is 0 Å². The molecule has 0 unspecified atom stereocenters. The van der Waals surface area contributed by atoms with E-state index < -0.39 is 0 Å². The molecular weight excluding hydrogens is 277 g/mol. The summed E-state index contributed by atoms with van der Waals surface area (Å²) < 4.78 is 3.05. The van der Waals surface area contributed by atoms with Crippen molar-refractivity contribution in [2.24, 2.45) is 0 Å². The number of halogens is 2. The van der Waals surface area contributed by atoms with E-state index in [0.29, 0.717) is 10.0 Å². The summed E-state index contributed by atoms with van der Waals surface area (Å²) in [5.74, 6) is 0.758. The second-order valence-corrected chi connectivity index (χ2v) is 4.65. The summed E-state index contributed by atoms with van der Waals surface area (Å²) in [5.41, 5.74) is 1.71. The van der Waals surface area contributed by atoms with Crippen LogP contribution in [0.1, 0.15) is 0 Å². The van der Waals surface area contributed by atoms with Gasteiger partial charge in [0.25, 0.3) is 0 Å². The number of hydrogen-bond acceptors (Lipinski definition) is 4. The van der Waals surface area contributed by atoms with Crippen molar-refractivity contribution in [2.75, 3.05) is 11.0 Å². The third kappa shape index (κ3) is 3.03. The Bertz CT molecular complexity index is 534. The molecule has 1 aromatic heterocycles. The van der Waals surface area contributed by atoms with Gasteiger partial charge in [-0.05, 0) is 12.1 Å². The Kier molecular flexibility index (Phi) is 4.10. The van der Waals surface area contributed by atoms with Crippen LogP contribution in [0.15, 0.2) is 30.6 Å². The zero-order valence-electron chi connectivity index (χ0n) is 8.95. The number of hydrogen-bond donors (Lipinski definition) is 1. The van der Waals surface area contributed by atoms with Gasteiger partial charge in [-0.3, -0.25) is 0 Å². The molecule has 0 fully saturated rings. The second kappa shape index (κ2) is 5.58. The minimum absolute atomic E-state index is 0.516. The SMILES string of the molecule is CSNc1cc(-c2ccc(Cl)c(Cl)c2)ncn1.